The highest BCUT2D eigenvalue weighted by atomic mass is 31.2. The molecule has 0 heterocycles. The summed E-state index contributed by atoms with van der Waals surface area (Å²) in [5.41, 5.74) is 0. The largest absolute Gasteiger partial charge is 0.0654 e. The van der Waals surface area contributed by atoms with Crippen molar-refractivity contribution in [3.05, 3.63) is 0 Å². The third-order valence-electron chi connectivity index (χ3n) is 11.7. The van der Waals surface area contributed by atoms with Crippen molar-refractivity contribution >= 4 is 7.26 Å². The fourth-order valence-corrected chi connectivity index (χ4v) is 13.2. The summed E-state index contributed by atoms with van der Waals surface area (Å²) < 4.78 is 0. The summed E-state index contributed by atoms with van der Waals surface area (Å²) in [4.78, 5) is 0. The first-order valence-corrected chi connectivity index (χ1v) is 26.1. The van der Waals surface area contributed by atoms with E-state index in [1.165, 1.54) is 225 Å². The monoisotopic (exact) mass is 694 g/mol. The minimum absolute atomic E-state index is 0.787. The molecule has 0 radical (unpaired) electrons. The van der Waals surface area contributed by atoms with Crippen molar-refractivity contribution in [3.63, 3.8) is 0 Å². The van der Waals surface area contributed by atoms with Gasteiger partial charge in [0, 0.05) is 7.26 Å². The predicted molar refractivity (Wildman–Crippen MR) is 229 cm³/mol. The molecule has 0 nitrogen and oxygen atoms in total. The summed E-state index contributed by atoms with van der Waals surface area (Å²) in [7, 11) is -0.787. The fraction of sp³-hybridized carbons (Fsp3) is 1.00. The molecule has 0 aliphatic carbocycles. The van der Waals surface area contributed by atoms with E-state index in [0.717, 1.165) is 0 Å². The molecule has 0 aromatic carbocycles. The summed E-state index contributed by atoms with van der Waals surface area (Å²) in [5, 5.41) is 0. The van der Waals surface area contributed by atoms with Crippen LogP contribution in [0.15, 0.2) is 0 Å². The van der Waals surface area contributed by atoms with Gasteiger partial charge in [-0.3, -0.25) is 0 Å². The van der Waals surface area contributed by atoms with Crippen LogP contribution in [0, 0.1) is 0 Å². The highest BCUT2D eigenvalue weighted by Gasteiger charge is 2.35. The third kappa shape index (κ3) is 36.2. The number of hydrogen-bond donors (Lipinski definition) is 0. The number of hydrogen-bond acceptors (Lipinski definition) is 0. The molecule has 0 aliphatic heterocycles. The van der Waals surface area contributed by atoms with Crippen LogP contribution in [0.2, 0.25) is 0 Å². The molecule has 48 heavy (non-hydrogen) atoms. The first kappa shape index (κ1) is 48.4. The minimum Gasteiger partial charge on any atom is -0.0654 e. The van der Waals surface area contributed by atoms with Gasteiger partial charge in [-0.25, -0.2) is 0 Å². The van der Waals surface area contributed by atoms with Gasteiger partial charge < -0.3 is 0 Å². The van der Waals surface area contributed by atoms with E-state index in [1.807, 2.05) is 0 Å². The smallest absolute Gasteiger partial charge is 0.0594 e. The molecular weight excluding hydrogens is 595 g/mol. The molecule has 0 atom stereocenters. The molecule has 0 unspecified atom stereocenters. The summed E-state index contributed by atoms with van der Waals surface area (Å²) >= 11 is 0. The van der Waals surface area contributed by atoms with E-state index in [0.29, 0.717) is 0 Å². The van der Waals surface area contributed by atoms with Gasteiger partial charge in [-0.15, -0.1) is 0 Å². The Labute approximate surface area is 309 Å². The summed E-state index contributed by atoms with van der Waals surface area (Å²) in [6.45, 7) is 9.36. The van der Waals surface area contributed by atoms with Crippen LogP contribution < -0.4 is 0 Å². The molecule has 0 aromatic rings. The van der Waals surface area contributed by atoms with Crippen molar-refractivity contribution in [2.45, 2.75) is 278 Å². The molecule has 0 saturated carbocycles. The van der Waals surface area contributed by atoms with E-state index in [4.69, 9.17) is 0 Å². The summed E-state index contributed by atoms with van der Waals surface area (Å²) in [5.74, 6) is 0. The lowest BCUT2D eigenvalue weighted by atomic mass is 10.1. The van der Waals surface area contributed by atoms with E-state index in [9.17, 15) is 0 Å². The number of unbranched alkanes of at least 4 members (excludes halogenated alkanes) is 35. The second-order valence-electron chi connectivity index (χ2n) is 16.6. The SMILES string of the molecule is CCCCCCCCCCCCCC[P+](CCCCCCCCCCC)(CCCCCCCCCCC)CCCCCCCCCCC. The van der Waals surface area contributed by atoms with Gasteiger partial charge in [-0.1, -0.05) is 227 Å². The van der Waals surface area contributed by atoms with Crippen LogP contribution in [0.3, 0.4) is 0 Å². The average Bonchev–Trinajstić information content (AvgIpc) is 3.10. The maximum absolute atomic E-state index is 2.34. The van der Waals surface area contributed by atoms with Crippen molar-refractivity contribution in [2.24, 2.45) is 0 Å². The Balaban J connectivity index is 4.83. The number of rotatable bonds is 43. The standard InChI is InChI=1S/C47H98P/c1-5-9-13-17-21-25-26-27-31-35-39-43-47-48(44-40-36-32-28-22-18-14-10-6-2,45-41-37-33-29-23-19-15-11-7-3)46-42-38-34-30-24-20-16-12-8-4/h5-47H2,1-4H3/q+1. The molecule has 0 bridgehead atoms. The average molecular weight is 694 g/mol. The van der Waals surface area contributed by atoms with E-state index in [-0.39, 0.29) is 0 Å². The molecule has 1 heteroatoms. The van der Waals surface area contributed by atoms with Gasteiger partial charge >= 0.3 is 0 Å². The van der Waals surface area contributed by atoms with Crippen molar-refractivity contribution in [1.29, 1.82) is 0 Å². The lowest BCUT2D eigenvalue weighted by Crippen LogP contribution is -2.13. The van der Waals surface area contributed by atoms with Crippen molar-refractivity contribution in [1.82, 2.24) is 0 Å². The van der Waals surface area contributed by atoms with Crippen LogP contribution in [0.1, 0.15) is 278 Å². The molecule has 0 saturated heterocycles. The second-order valence-corrected chi connectivity index (χ2v) is 21.1. The van der Waals surface area contributed by atoms with Crippen LogP contribution in [0.5, 0.6) is 0 Å². The van der Waals surface area contributed by atoms with E-state index in [2.05, 4.69) is 27.7 Å². The van der Waals surface area contributed by atoms with E-state index >= 15 is 0 Å². The van der Waals surface area contributed by atoms with Crippen LogP contribution in [-0.4, -0.2) is 24.6 Å². The fourth-order valence-electron chi connectivity index (χ4n) is 8.23. The zero-order valence-corrected chi connectivity index (χ0v) is 35.7. The van der Waals surface area contributed by atoms with Crippen molar-refractivity contribution in [2.75, 3.05) is 24.6 Å². The molecule has 0 amide bonds. The van der Waals surface area contributed by atoms with Gasteiger partial charge in [0.15, 0.2) is 0 Å². The quantitative estimate of drug-likeness (QED) is 0.0440. The molecule has 0 N–H and O–H groups in total. The topological polar surface area (TPSA) is 0 Å². The highest BCUT2D eigenvalue weighted by molar-refractivity contribution is 7.75. The molecular formula is C47H98P+. The first-order valence-electron chi connectivity index (χ1n) is 23.6. The Kier molecular flexibility index (Phi) is 42.2. The Bertz CT molecular complexity index is 500. The van der Waals surface area contributed by atoms with E-state index in [1.54, 1.807) is 50.3 Å². The molecule has 0 fully saturated rings. The third-order valence-corrected chi connectivity index (χ3v) is 16.8. The van der Waals surface area contributed by atoms with Gasteiger partial charge in [0.2, 0.25) is 0 Å². The lowest BCUT2D eigenvalue weighted by molar-refractivity contribution is 0.547. The Morgan fingerprint density at radius 3 is 0.438 bits per heavy atom. The van der Waals surface area contributed by atoms with Gasteiger partial charge in [0.1, 0.15) is 0 Å². The zero-order valence-electron chi connectivity index (χ0n) is 34.9. The van der Waals surface area contributed by atoms with Crippen LogP contribution in [0.25, 0.3) is 0 Å². The molecule has 0 aromatic heterocycles. The minimum atomic E-state index is -0.787. The normalized spacial score (nSPS) is 12.0. The summed E-state index contributed by atoms with van der Waals surface area (Å²) in [6, 6.07) is 0. The maximum Gasteiger partial charge on any atom is 0.0594 e. The molecule has 0 spiro atoms. The highest BCUT2D eigenvalue weighted by Crippen LogP contribution is 2.61. The zero-order chi connectivity index (χ0) is 34.9. The predicted octanol–water partition coefficient (Wildman–Crippen LogP) is 18.3. The van der Waals surface area contributed by atoms with Crippen molar-refractivity contribution in [3.8, 4) is 0 Å². The Hall–Kier alpha value is 0.430. The van der Waals surface area contributed by atoms with Crippen molar-refractivity contribution < 1.29 is 0 Å². The molecule has 0 rings (SSSR count). The summed E-state index contributed by atoms with van der Waals surface area (Å²) in [6.07, 6.45) is 64.7. The maximum atomic E-state index is 2.34. The van der Waals surface area contributed by atoms with Crippen LogP contribution in [-0.2, 0) is 0 Å². The van der Waals surface area contributed by atoms with Gasteiger partial charge in [0.25, 0.3) is 0 Å². The lowest BCUT2D eigenvalue weighted by Gasteiger charge is -2.28. The first-order chi connectivity index (χ1) is 23.7. The van der Waals surface area contributed by atoms with Crippen LogP contribution >= 0.6 is 7.26 Å². The van der Waals surface area contributed by atoms with Crippen LogP contribution in [0.4, 0.5) is 0 Å². The second kappa shape index (κ2) is 41.8. The van der Waals surface area contributed by atoms with Gasteiger partial charge in [-0.05, 0) is 51.4 Å². The molecule has 0 aliphatic rings. The Morgan fingerprint density at radius 2 is 0.292 bits per heavy atom. The van der Waals surface area contributed by atoms with Gasteiger partial charge in [-0.2, -0.15) is 0 Å². The van der Waals surface area contributed by atoms with Gasteiger partial charge in [0.05, 0.1) is 24.6 Å². The molecule has 290 valence electrons. The van der Waals surface area contributed by atoms with E-state index < -0.39 is 7.26 Å². The Morgan fingerprint density at radius 1 is 0.167 bits per heavy atom.